The van der Waals surface area contributed by atoms with Gasteiger partial charge in [0.05, 0.1) is 12.6 Å². The maximum atomic E-state index is 12.7. The number of alkyl halides is 3. The molecule has 1 amide bonds. The van der Waals surface area contributed by atoms with Gasteiger partial charge < -0.3 is 25.2 Å². The van der Waals surface area contributed by atoms with Gasteiger partial charge >= 0.3 is 6.18 Å². The molecule has 1 aromatic rings. The minimum absolute atomic E-state index is 0.0243. The standard InChI is InChI=1S/C16H20F3N3O4/c17-16(18,19)11-3-1-4-12(21-11)20-9-8-26-10(15(25)14(9)24)7-22-6-2-5-13(22)23/h1,3-4,9-10,14-15,24-25H,2,5-8H2,(H,20,21)/t9-,10+,14+,15-/m0/s1. The van der Waals surface area contributed by atoms with Gasteiger partial charge in [0.25, 0.3) is 0 Å². The van der Waals surface area contributed by atoms with Gasteiger partial charge in [-0.1, -0.05) is 6.07 Å². The topological polar surface area (TPSA) is 94.9 Å². The van der Waals surface area contributed by atoms with Crippen LogP contribution in [0.1, 0.15) is 18.5 Å². The van der Waals surface area contributed by atoms with E-state index in [-0.39, 0.29) is 24.9 Å². The number of ether oxygens (including phenoxy) is 1. The number of aliphatic hydroxyl groups excluding tert-OH is 2. The first-order valence-corrected chi connectivity index (χ1v) is 8.32. The van der Waals surface area contributed by atoms with Crippen molar-refractivity contribution in [2.24, 2.45) is 0 Å². The van der Waals surface area contributed by atoms with Crippen molar-refractivity contribution in [3.05, 3.63) is 23.9 Å². The lowest BCUT2D eigenvalue weighted by Gasteiger charge is -2.39. The van der Waals surface area contributed by atoms with Crippen LogP contribution in [0, 0.1) is 0 Å². The average Bonchev–Trinajstić information content (AvgIpc) is 2.99. The number of hydrogen-bond donors (Lipinski definition) is 3. The summed E-state index contributed by atoms with van der Waals surface area (Å²) >= 11 is 0. The van der Waals surface area contributed by atoms with Crippen LogP contribution in [0.5, 0.6) is 0 Å². The second kappa shape index (κ2) is 7.37. The molecule has 2 saturated heterocycles. The van der Waals surface area contributed by atoms with Crippen LogP contribution in [0.3, 0.4) is 0 Å². The molecule has 0 saturated carbocycles. The molecule has 2 aliphatic heterocycles. The number of hydrogen-bond acceptors (Lipinski definition) is 6. The molecule has 144 valence electrons. The highest BCUT2D eigenvalue weighted by molar-refractivity contribution is 5.78. The predicted molar refractivity (Wildman–Crippen MR) is 84.2 cm³/mol. The molecule has 3 N–H and O–H groups in total. The Hall–Kier alpha value is -1.91. The number of nitrogens with zero attached hydrogens (tertiary/aromatic N) is 2. The van der Waals surface area contributed by atoms with Gasteiger partial charge in [0.15, 0.2) is 0 Å². The fourth-order valence-electron chi connectivity index (χ4n) is 3.15. The first-order valence-electron chi connectivity index (χ1n) is 8.32. The number of pyridine rings is 1. The minimum Gasteiger partial charge on any atom is -0.388 e. The minimum atomic E-state index is -4.58. The Morgan fingerprint density at radius 3 is 2.73 bits per heavy atom. The molecule has 2 fully saturated rings. The lowest BCUT2D eigenvalue weighted by molar-refractivity contribution is -0.152. The third-order valence-electron chi connectivity index (χ3n) is 4.58. The number of amides is 1. The van der Waals surface area contributed by atoms with Crippen molar-refractivity contribution in [2.75, 3.05) is 25.0 Å². The molecular formula is C16H20F3N3O4. The number of carbonyl (C=O) groups excluding carboxylic acids is 1. The van der Waals surface area contributed by atoms with Crippen molar-refractivity contribution in [1.29, 1.82) is 0 Å². The van der Waals surface area contributed by atoms with Crippen LogP contribution in [0.2, 0.25) is 0 Å². The molecule has 3 rings (SSSR count). The Balaban J connectivity index is 1.62. The molecule has 1 aromatic heterocycles. The average molecular weight is 375 g/mol. The zero-order valence-electron chi connectivity index (χ0n) is 13.8. The van der Waals surface area contributed by atoms with Crippen molar-refractivity contribution in [1.82, 2.24) is 9.88 Å². The Labute approximate surface area is 147 Å². The normalized spacial score (nSPS) is 29.9. The summed E-state index contributed by atoms with van der Waals surface area (Å²) in [6.07, 6.45) is -6.68. The number of nitrogens with one attached hydrogen (secondary N) is 1. The Morgan fingerprint density at radius 2 is 2.08 bits per heavy atom. The van der Waals surface area contributed by atoms with Crippen molar-refractivity contribution >= 4 is 11.7 Å². The van der Waals surface area contributed by atoms with Crippen LogP contribution in [-0.2, 0) is 15.7 Å². The number of anilines is 1. The molecule has 0 aromatic carbocycles. The van der Waals surface area contributed by atoms with E-state index in [1.807, 2.05) is 0 Å². The van der Waals surface area contributed by atoms with Crippen LogP contribution in [0.15, 0.2) is 18.2 Å². The lowest BCUT2D eigenvalue weighted by atomic mass is 9.97. The number of halogens is 3. The van der Waals surface area contributed by atoms with E-state index in [0.717, 1.165) is 12.5 Å². The largest absolute Gasteiger partial charge is 0.433 e. The van der Waals surface area contributed by atoms with E-state index in [4.69, 9.17) is 4.74 Å². The predicted octanol–water partition coefficient (Wildman–Crippen LogP) is 0.624. The van der Waals surface area contributed by atoms with Gasteiger partial charge in [-0.2, -0.15) is 13.2 Å². The van der Waals surface area contributed by atoms with Crippen LogP contribution in [0.25, 0.3) is 0 Å². The second-order valence-electron chi connectivity index (χ2n) is 6.45. The van der Waals surface area contributed by atoms with E-state index in [0.29, 0.717) is 13.0 Å². The zero-order chi connectivity index (χ0) is 18.9. The van der Waals surface area contributed by atoms with Gasteiger partial charge in [0.1, 0.15) is 29.8 Å². The molecule has 0 spiro atoms. The van der Waals surface area contributed by atoms with Gasteiger partial charge in [-0.05, 0) is 18.6 Å². The van der Waals surface area contributed by atoms with Crippen LogP contribution >= 0.6 is 0 Å². The monoisotopic (exact) mass is 375 g/mol. The summed E-state index contributed by atoms with van der Waals surface area (Å²) in [5.74, 6) is -0.100. The van der Waals surface area contributed by atoms with Crippen molar-refractivity contribution in [3.63, 3.8) is 0 Å². The van der Waals surface area contributed by atoms with E-state index in [2.05, 4.69) is 10.3 Å². The highest BCUT2D eigenvalue weighted by Crippen LogP contribution is 2.29. The van der Waals surface area contributed by atoms with E-state index < -0.39 is 36.2 Å². The molecule has 10 heteroatoms. The fraction of sp³-hybridized carbons (Fsp3) is 0.625. The van der Waals surface area contributed by atoms with Crippen molar-refractivity contribution in [3.8, 4) is 0 Å². The third-order valence-corrected chi connectivity index (χ3v) is 4.58. The Bertz CT molecular complexity index is 658. The van der Waals surface area contributed by atoms with E-state index in [9.17, 15) is 28.2 Å². The number of aliphatic hydroxyl groups is 2. The fourth-order valence-corrected chi connectivity index (χ4v) is 3.15. The van der Waals surface area contributed by atoms with Gasteiger partial charge in [0, 0.05) is 19.5 Å². The van der Waals surface area contributed by atoms with E-state index in [1.54, 1.807) is 4.90 Å². The quantitative estimate of drug-likeness (QED) is 0.714. The molecule has 0 radical (unpaired) electrons. The number of rotatable bonds is 4. The summed E-state index contributed by atoms with van der Waals surface area (Å²) in [7, 11) is 0. The second-order valence-corrected chi connectivity index (χ2v) is 6.45. The van der Waals surface area contributed by atoms with Crippen LogP contribution in [0.4, 0.5) is 19.0 Å². The van der Waals surface area contributed by atoms with Gasteiger partial charge in [0.2, 0.25) is 5.91 Å². The summed E-state index contributed by atoms with van der Waals surface area (Å²) in [4.78, 5) is 16.7. The smallest absolute Gasteiger partial charge is 0.388 e. The van der Waals surface area contributed by atoms with E-state index in [1.165, 1.54) is 12.1 Å². The van der Waals surface area contributed by atoms with E-state index >= 15 is 0 Å². The van der Waals surface area contributed by atoms with Gasteiger partial charge in [-0.15, -0.1) is 0 Å². The summed E-state index contributed by atoms with van der Waals surface area (Å²) in [6, 6.07) is 2.55. The number of aromatic nitrogens is 1. The molecule has 2 aliphatic rings. The molecular weight excluding hydrogens is 355 g/mol. The van der Waals surface area contributed by atoms with Gasteiger partial charge in [-0.3, -0.25) is 4.79 Å². The highest BCUT2D eigenvalue weighted by Gasteiger charge is 2.40. The highest BCUT2D eigenvalue weighted by atomic mass is 19.4. The van der Waals surface area contributed by atoms with Crippen LogP contribution < -0.4 is 5.32 Å². The maximum absolute atomic E-state index is 12.7. The Kier molecular flexibility index (Phi) is 5.35. The number of likely N-dealkylation sites (tertiary alicyclic amines) is 1. The first kappa shape index (κ1) is 18.9. The SMILES string of the molecule is O=C1CCCN1C[C@H]1OC[C@H](Nc2cccc(C(F)(F)F)n2)[C@@H](O)[C@H]1O. The molecule has 0 aliphatic carbocycles. The summed E-state index contributed by atoms with van der Waals surface area (Å²) in [5.41, 5.74) is -1.06. The van der Waals surface area contributed by atoms with Crippen molar-refractivity contribution in [2.45, 2.75) is 43.4 Å². The van der Waals surface area contributed by atoms with Crippen molar-refractivity contribution < 1.29 is 32.9 Å². The molecule has 7 nitrogen and oxygen atoms in total. The number of carbonyl (C=O) groups is 1. The van der Waals surface area contributed by atoms with Crippen LogP contribution in [-0.4, -0.2) is 70.1 Å². The summed E-state index contributed by atoms with van der Waals surface area (Å²) in [5, 5.41) is 23.2. The summed E-state index contributed by atoms with van der Waals surface area (Å²) in [6.45, 7) is 0.714. The first-order chi connectivity index (χ1) is 12.3. The molecule has 0 bridgehead atoms. The molecule has 3 heterocycles. The molecule has 0 unspecified atom stereocenters. The third kappa shape index (κ3) is 4.08. The molecule has 4 atom stereocenters. The zero-order valence-corrected chi connectivity index (χ0v) is 13.8. The maximum Gasteiger partial charge on any atom is 0.433 e. The summed E-state index contributed by atoms with van der Waals surface area (Å²) < 4.78 is 43.7. The molecule has 26 heavy (non-hydrogen) atoms. The lowest BCUT2D eigenvalue weighted by Crippen LogP contribution is -2.58. The Morgan fingerprint density at radius 1 is 1.31 bits per heavy atom. The van der Waals surface area contributed by atoms with Gasteiger partial charge in [-0.25, -0.2) is 4.98 Å².